The number of phenols is 1. The number of aliphatic carboxylic acids is 6. The second kappa shape index (κ2) is 25.0. The molecule has 1 aromatic rings. The van der Waals surface area contributed by atoms with Crippen molar-refractivity contribution >= 4 is 60.0 Å². The van der Waals surface area contributed by atoms with Gasteiger partial charge in [-0.05, 0) is 37.0 Å². The van der Waals surface area contributed by atoms with Crippen molar-refractivity contribution in [1.82, 2.24) is 25.9 Å². The standard InChI is InChI=1S/C31H47N7O15.ClH/c32-14-24(40)34-23(13-20-4-6-21(39)7-5-20)30(51)33-8-2-1-3-22(31(52)53)35-38(18-28(47)48,19-29(49)50)12-11-36(15-25(41)42)9-10-37(16-26(43)44)17-27(45)46;/h4-7,22-23,35H,1-3,8-19,32H2,(H8-,33,34,39,40,41,42,43,44,45,46,47,48,49,50,51,52,53);1H/p+1/t22-,23-;/m0./s1. The van der Waals surface area contributed by atoms with Crippen molar-refractivity contribution < 1.29 is 78.7 Å². The van der Waals surface area contributed by atoms with E-state index in [4.69, 9.17) is 15.9 Å². The van der Waals surface area contributed by atoms with E-state index in [0.29, 0.717) is 5.56 Å². The van der Waals surface area contributed by atoms with E-state index < -0.39 is 104 Å². The van der Waals surface area contributed by atoms with E-state index in [1.807, 2.05) is 0 Å². The van der Waals surface area contributed by atoms with Crippen LogP contribution in [-0.4, -0.2) is 182 Å². The number of amides is 2. The minimum absolute atomic E-state index is 0. The van der Waals surface area contributed by atoms with Gasteiger partial charge in [0.2, 0.25) is 11.8 Å². The SMILES string of the molecule is Cl.NCC(=O)N[C@@H](Cc1ccc(O)cc1)C(=O)NCCCC[C@H](N[N+](CCN(CCN(CC(=O)O)CC(=O)O)CC(=O)O)(CC(=O)O)CC(=O)O)C(=O)O. The molecule has 1 aromatic carbocycles. The lowest BCUT2D eigenvalue weighted by Crippen LogP contribution is -2.68. The first-order chi connectivity index (χ1) is 24.8. The zero-order chi connectivity index (χ0) is 40.1. The van der Waals surface area contributed by atoms with Crippen LogP contribution >= 0.6 is 12.4 Å². The van der Waals surface area contributed by atoms with Crippen molar-refractivity contribution in [3.05, 3.63) is 29.8 Å². The first kappa shape index (κ1) is 48.9. The predicted octanol–water partition coefficient (Wildman–Crippen LogP) is -3.11. The number of carboxylic acids is 6. The average molecular weight is 795 g/mol. The highest BCUT2D eigenvalue weighted by Crippen LogP contribution is 2.13. The molecule has 1 rings (SSSR count). The summed E-state index contributed by atoms with van der Waals surface area (Å²) in [5, 5.41) is 71.6. The second-order valence-corrected chi connectivity index (χ2v) is 12.1. The van der Waals surface area contributed by atoms with E-state index in [2.05, 4.69) is 16.1 Å². The van der Waals surface area contributed by atoms with Gasteiger partial charge in [0, 0.05) is 26.1 Å². The number of aromatic hydroxyl groups is 1. The van der Waals surface area contributed by atoms with Crippen molar-refractivity contribution in [3.63, 3.8) is 0 Å². The van der Waals surface area contributed by atoms with Crippen LogP contribution in [0.3, 0.4) is 0 Å². The summed E-state index contributed by atoms with van der Waals surface area (Å²) < 4.78 is -1.04. The lowest BCUT2D eigenvalue weighted by Gasteiger charge is -2.38. The molecule has 0 bridgehead atoms. The molecule has 2 atom stereocenters. The first-order valence-corrected chi connectivity index (χ1v) is 16.3. The third kappa shape index (κ3) is 20.8. The molecule has 304 valence electrons. The van der Waals surface area contributed by atoms with Crippen LogP contribution in [0, 0.1) is 0 Å². The number of phenolic OH excluding ortho intramolecular Hbond substituents is 1. The number of rotatable bonds is 29. The number of carboxylic acid groups (broad SMARTS) is 6. The van der Waals surface area contributed by atoms with Gasteiger partial charge in [0.1, 0.15) is 18.3 Å². The van der Waals surface area contributed by atoms with Crippen molar-refractivity contribution in [1.29, 1.82) is 0 Å². The molecular weight excluding hydrogens is 746 g/mol. The summed E-state index contributed by atoms with van der Waals surface area (Å²) in [6, 6.07) is 3.43. The Morgan fingerprint density at radius 2 is 1.22 bits per heavy atom. The summed E-state index contributed by atoms with van der Waals surface area (Å²) in [6.45, 7) is -5.46. The molecule has 0 aliphatic rings. The molecule has 22 nitrogen and oxygen atoms in total. The largest absolute Gasteiger partial charge is 0.508 e. The minimum Gasteiger partial charge on any atom is -0.508 e. The van der Waals surface area contributed by atoms with E-state index in [1.165, 1.54) is 17.0 Å². The highest BCUT2D eigenvalue weighted by Gasteiger charge is 2.39. The van der Waals surface area contributed by atoms with E-state index in [1.54, 1.807) is 12.1 Å². The molecule has 12 N–H and O–H groups in total. The molecule has 0 unspecified atom stereocenters. The molecule has 0 aliphatic carbocycles. The molecule has 23 heteroatoms. The number of halogens is 1. The maximum absolute atomic E-state index is 12.9. The fourth-order valence-electron chi connectivity index (χ4n) is 5.27. The molecular formula is C31H49ClN7O15+. The number of carbonyl (C=O) groups is 8. The van der Waals surface area contributed by atoms with Gasteiger partial charge in [-0.1, -0.05) is 12.1 Å². The maximum Gasteiger partial charge on any atom is 0.361 e. The van der Waals surface area contributed by atoms with Crippen LogP contribution in [-0.2, 0) is 44.8 Å². The number of hydrogen-bond acceptors (Lipinski definition) is 13. The molecule has 0 fully saturated rings. The van der Waals surface area contributed by atoms with Gasteiger partial charge in [-0.25, -0.2) is 14.2 Å². The number of quaternary nitrogens is 1. The van der Waals surface area contributed by atoms with Crippen molar-refractivity contribution in [2.24, 2.45) is 5.73 Å². The summed E-state index contributed by atoms with van der Waals surface area (Å²) in [5.74, 6) is -9.64. The van der Waals surface area contributed by atoms with Crippen molar-refractivity contribution in [2.75, 3.05) is 72.0 Å². The maximum atomic E-state index is 12.9. The molecule has 0 heterocycles. The highest BCUT2D eigenvalue weighted by molar-refractivity contribution is 5.88. The molecule has 0 radical (unpaired) electrons. The van der Waals surface area contributed by atoms with Gasteiger partial charge in [-0.15, -0.1) is 12.4 Å². The van der Waals surface area contributed by atoms with Crippen LogP contribution in [0.15, 0.2) is 24.3 Å². The van der Waals surface area contributed by atoms with Gasteiger partial charge >= 0.3 is 35.8 Å². The third-order valence-electron chi connectivity index (χ3n) is 7.69. The van der Waals surface area contributed by atoms with Crippen LogP contribution in [0.2, 0.25) is 0 Å². The number of hydrogen-bond donors (Lipinski definition) is 11. The summed E-state index contributed by atoms with van der Waals surface area (Å²) in [5.41, 5.74) is 8.60. The first-order valence-electron chi connectivity index (χ1n) is 16.3. The van der Waals surface area contributed by atoms with Gasteiger partial charge in [-0.2, -0.15) is 5.43 Å². The summed E-state index contributed by atoms with van der Waals surface area (Å²) in [4.78, 5) is 97.1. The Kier molecular flexibility index (Phi) is 22.6. The number of nitrogens with zero attached hydrogens (tertiary/aromatic N) is 3. The Labute approximate surface area is 315 Å². The lowest BCUT2D eigenvalue weighted by atomic mass is 10.0. The van der Waals surface area contributed by atoms with Crippen LogP contribution in [0.5, 0.6) is 5.75 Å². The molecule has 0 aliphatic heterocycles. The predicted molar refractivity (Wildman–Crippen MR) is 187 cm³/mol. The topological polar surface area (TPSA) is 347 Å². The Morgan fingerprint density at radius 1 is 0.704 bits per heavy atom. The van der Waals surface area contributed by atoms with Crippen LogP contribution in [0.4, 0.5) is 0 Å². The Bertz CT molecular complexity index is 1400. The van der Waals surface area contributed by atoms with E-state index in [9.17, 15) is 63.9 Å². The Hall–Kier alpha value is -5.13. The normalized spacial score (nSPS) is 12.3. The fraction of sp³-hybridized carbons (Fsp3) is 0.548. The summed E-state index contributed by atoms with van der Waals surface area (Å²) >= 11 is 0. The quantitative estimate of drug-likeness (QED) is 0.0217. The zero-order valence-electron chi connectivity index (χ0n) is 29.3. The molecule has 0 saturated carbocycles. The van der Waals surface area contributed by atoms with E-state index in [0.717, 1.165) is 4.90 Å². The second-order valence-electron chi connectivity index (χ2n) is 12.1. The number of nitrogens with one attached hydrogen (secondary N) is 3. The van der Waals surface area contributed by atoms with Crippen molar-refractivity contribution in [2.45, 2.75) is 37.8 Å². The van der Waals surface area contributed by atoms with Gasteiger partial charge in [0.15, 0.2) is 19.1 Å². The van der Waals surface area contributed by atoms with Gasteiger partial charge < -0.3 is 52.1 Å². The number of nitrogens with two attached hydrogens (primary N) is 1. The summed E-state index contributed by atoms with van der Waals surface area (Å²) in [6.07, 6.45) is 0.254. The van der Waals surface area contributed by atoms with E-state index in [-0.39, 0.29) is 76.6 Å². The molecule has 0 saturated heterocycles. The highest BCUT2D eigenvalue weighted by atomic mass is 35.5. The van der Waals surface area contributed by atoms with Crippen LogP contribution in [0.25, 0.3) is 0 Å². The Balaban J connectivity index is 0.0000281. The van der Waals surface area contributed by atoms with Crippen molar-refractivity contribution in [3.8, 4) is 5.75 Å². The average Bonchev–Trinajstić information content (AvgIpc) is 3.04. The lowest BCUT2D eigenvalue weighted by molar-refractivity contribution is -0.958. The number of unbranched alkanes of at least 4 members (excludes halogenated alkanes) is 1. The van der Waals surface area contributed by atoms with Gasteiger partial charge in [-0.3, -0.25) is 38.6 Å². The molecule has 0 aromatic heterocycles. The fourth-order valence-corrected chi connectivity index (χ4v) is 5.27. The smallest absolute Gasteiger partial charge is 0.361 e. The Morgan fingerprint density at radius 3 is 1.70 bits per heavy atom. The monoisotopic (exact) mass is 794 g/mol. The van der Waals surface area contributed by atoms with Gasteiger partial charge in [0.25, 0.3) is 0 Å². The molecule has 2 amide bonds. The summed E-state index contributed by atoms with van der Waals surface area (Å²) in [7, 11) is 0. The molecule has 54 heavy (non-hydrogen) atoms. The van der Waals surface area contributed by atoms with Crippen LogP contribution < -0.4 is 21.8 Å². The zero-order valence-corrected chi connectivity index (χ0v) is 30.1. The minimum atomic E-state index is -1.51. The number of benzene rings is 1. The number of carbonyl (C=O) groups excluding carboxylic acids is 2. The molecule has 0 spiro atoms. The van der Waals surface area contributed by atoms with Gasteiger partial charge in [0.05, 0.1) is 32.7 Å². The van der Waals surface area contributed by atoms with E-state index >= 15 is 0 Å². The van der Waals surface area contributed by atoms with Crippen LogP contribution in [0.1, 0.15) is 24.8 Å². The third-order valence-corrected chi connectivity index (χ3v) is 7.69.